The molecule has 0 unspecified atom stereocenters. The number of hydrogen-bond acceptors (Lipinski definition) is 2. The minimum absolute atomic E-state index is 0.110. The van der Waals surface area contributed by atoms with E-state index in [9.17, 15) is 5.11 Å². The van der Waals surface area contributed by atoms with Crippen LogP contribution in [0.4, 0.5) is 5.69 Å². The summed E-state index contributed by atoms with van der Waals surface area (Å²) < 4.78 is 0. The van der Waals surface area contributed by atoms with E-state index in [0.717, 1.165) is 5.56 Å². The summed E-state index contributed by atoms with van der Waals surface area (Å²) in [4.78, 5) is 3.95. The summed E-state index contributed by atoms with van der Waals surface area (Å²) >= 11 is 5.46. The number of aliphatic imine (C=N–C) groups is 1. The van der Waals surface area contributed by atoms with Gasteiger partial charge in [-0.05, 0) is 24.6 Å². The average Bonchev–Trinajstić information content (AvgIpc) is 2.11. The Morgan fingerprint density at radius 3 is 2.92 bits per heavy atom. The molecule has 13 heavy (non-hydrogen) atoms. The number of nitrogens with zero attached hydrogens (tertiary/aromatic N) is 1. The van der Waals surface area contributed by atoms with Gasteiger partial charge in [0.15, 0.2) is 0 Å². The van der Waals surface area contributed by atoms with Crippen molar-refractivity contribution in [2.75, 3.05) is 5.88 Å². The quantitative estimate of drug-likeness (QED) is 0.434. The molecule has 0 saturated carbocycles. The van der Waals surface area contributed by atoms with Crippen LogP contribution in [0.2, 0.25) is 0 Å². The molecular formula is C9H11ClN2O. The standard InChI is InChI=1S/C9H11ClN2O/c1-6-2-3-8(13)7(4-6)12-9(11)5-10/h2-4,13H,5H2,1H3,(H2,11,12). The van der Waals surface area contributed by atoms with Crippen LogP contribution >= 0.6 is 11.6 Å². The van der Waals surface area contributed by atoms with Gasteiger partial charge in [-0.1, -0.05) is 6.07 Å². The molecule has 1 rings (SSSR count). The van der Waals surface area contributed by atoms with E-state index in [1.54, 1.807) is 18.2 Å². The Bertz CT molecular complexity index is 336. The number of hydrogen-bond donors (Lipinski definition) is 2. The lowest BCUT2D eigenvalue weighted by molar-refractivity contribution is 0.476. The first-order valence-electron chi connectivity index (χ1n) is 3.82. The predicted molar refractivity (Wildman–Crippen MR) is 54.8 cm³/mol. The molecule has 70 valence electrons. The Labute approximate surface area is 81.9 Å². The van der Waals surface area contributed by atoms with E-state index in [1.807, 2.05) is 6.92 Å². The van der Waals surface area contributed by atoms with Crippen molar-refractivity contribution in [1.29, 1.82) is 0 Å². The molecular weight excluding hydrogens is 188 g/mol. The van der Waals surface area contributed by atoms with Crippen LogP contribution in [-0.2, 0) is 0 Å². The van der Waals surface area contributed by atoms with Crippen LogP contribution in [-0.4, -0.2) is 16.8 Å². The molecule has 0 atom stereocenters. The third-order valence-corrected chi connectivity index (χ3v) is 1.81. The Hall–Kier alpha value is -1.22. The summed E-state index contributed by atoms with van der Waals surface area (Å²) in [6, 6.07) is 5.12. The van der Waals surface area contributed by atoms with Crippen LogP contribution in [0.1, 0.15) is 5.56 Å². The number of phenols is 1. The van der Waals surface area contributed by atoms with Crippen LogP contribution in [0.5, 0.6) is 5.75 Å². The lowest BCUT2D eigenvalue weighted by atomic mass is 10.2. The molecule has 0 saturated heterocycles. The monoisotopic (exact) mass is 198 g/mol. The van der Waals surface area contributed by atoms with Gasteiger partial charge in [-0.15, -0.1) is 11.6 Å². The zero-order valence-electron chi connectivity index (χ0n) is 7.29. The van der Waals surface area contributed by atoms with Gasteiger partial charge in [-0.25, -0.2) is 4.99 Å². The summed E-state index contributed by atoms with van der Waals surface area (Å²) in [5.74, 6) is 0.564. The van der Waals surface area contributed by atoms with Gasteiger partial charge < -0.3 is 10.8 Å². The van der Waals surface area contributed by atoms with Crippen molar-refractivity contribution < 1.29 is 5.11 Å². The first kappa shape index (κ1) is 9.86. The maximum atomic E-state index is 9.37. The first-order chi connectivity index (χ1) is 6.13. The average molecular weight is 199 g/mol. The number of halogens is 1. The third-order valence-electron chi connectivity index (χ3n) is 1.53. The highest BCUT2D eigenvalue weighted by molar-refractivity contribution is 6.28. The van der Waals surface area contributed by atoms with E-state index in [2.05, 4.69) is 4.99 Å². The number of nitrogens with two attached hydrogens (primary N) is 1. The fourth-order valence-corrected chi connectivity index (χ4v) is 0.967. The normalized spacial score (nSPS) is 11.7. The zero-order chi connectivity index (χ0) is 9.84. The van der Waals surface area contributed by atoms with Crippen molar-refractivity contribution in [2.45, 2.75) is 6.92 Å². The number of rotatable bonds is 2. The fourth-order valence-electron chi connectivity index (χ4n) is 0.908. The maximum Gasteiger partial charge on any atom is 0.141 e. The van der Waals surface area contributed by atoms with Gasteiger partial charge in [0.1, 0.15) is 17.3 Å². The van der Waals surface area contributed by atoms with Gasteiger partial charge >= 0.3 is 0 Å². The van der Waals surface area contributed by atoms with Crippen molar-refractivity contribution in [3.05, 3.63) is 23.8 Å². The summed E-state index contributed by atoms with van der Waals surface area (Å²) in [7, 11) is 0. The molecule has 1 aromatic carbocycles. The highest BCUT2D eigenvalue weighted by Gasteiger charge is 1.99. The van der Waals surface area contributed by atoms with Crippen LogP contribution in [0.15, 0.2) is 23.2 Å². The van der Waals surface area contributed by atoms with Crippen LogP contribution in [0.3, 0.4) is 0 Å². The second kappa shape index (κ2) is 4.14. The third kappa shape index (κ3) is 2.63. The second-order valence-electron chi connectivity index (χ2n) is 2.73. The smallest absolute Gasteiger partial charge is 0.141 e. The molecule has 3 nitrogen and oxygen atoms in total. The zero-order valence-corrected chi connectivity index (χ0v) is 8.04. The van der Waals surface area contributed by atoms with Gasteiger partial charge in [0.25, 0.3) is 0 Å². The van der Waals surface area contributed by atoms with Crippen LogP contribution < -0.4 is 5.73 Å². The number of benzene rings is 1. The first-order valence-corrected chi connectivity index (χ1v) is 4.35. The molecule has 0 fully saturated rings. The topological polar surface area (TPSA) is 58.6 Å². The Morgan fingerprint density at radius 1 is 1.62 bits per heavy atom. The molecule has 0 aliphatic rings. The van der Waals surface area contributed by atoms with E-state index < -0.39 is 0 Å². The van der Waals surface area contributed by atoms with Gasteiger partial charge in [0.2, 0.25) is 0 Å². The van der Waals surface area contributed by atoms with Crippen molar-refractivity contribution in [1.82, 2.24) is 0 Å². The summed E-state index contributed by atoms with van der Waals surface area (Å²) in [6.45, 7) is 1.91. The highest BCUT2D eigenvalue weighted by Crippen LogP contribution is 2.26. The SMILES string of the molecule is Cc1ccc(O)c(N=C(N)CCl)c1. The molecule has 0 heterocycles. The summed E-state index contributed by atoms with van der Waals surface area (Å²) in [5.41, 5.74) is 6.90. The van der Waals surface area contributed by atoms with Gasteiger partial charge in [0.05, 0.1) is 5.88 Å². The molecule has 0 bridgehead atoms. The molecule has 0 amide bonds. The molecule has 0 spiro atoms. The Morgan fingerprint density at radius 2 is 2.31 bits per heavy atom. The molecule has 4 heteroatoms. The molecule has 0 radical (unpaired) electrons. The predicted octanol–water partition coefficient (Wildman–Crippen LogP) is 1.93. The van der Waals surface area contributed by atoms with E-state index in [0.29, 0.717) is 11.5 Å². The molecule has 0 aliphatic heterocycles. The molecule has 1 aromatic rings. The van der Waals surface area contributed by atoms with Crippen LogP contribution in [0.25, 0.3) is 0 Å². The van der Waals surface area contributed by atoms with E-state index in [-0.39, 0.29) is 11.6 Å². The highest BCUT2D eigenvalue weighted by atomic mass is 35.5. The number of alkyl halides is 1. The van der Waals surface area contributed by atoms with Gasteiger partial charge in [0, 0.05) is 0 Å². The van der Waals surface area contributed by atoms with Crippen molar-refractivity contribution in [2.24, 2.45) is 10.7 Å². The largest absolute Gasteiger partial charge is 0.506 e. The number of phenolic OH excluding ortho intramolecular Hbond substituents is 1. The lowest BCUT2D eigenvalue weighted by Crippen LogP contribution is -2.12. The Balaban J connectivity index is 3.07. The van der Waals surface area contributed by atoms with Crippen LogP contribution in [0, 0.1) is 6.92 Å². The van der Waals surface area contributed by atoms with E-state index in [1.165, 1.54) is 0 Å². The molecule has 0 aromatic heterocycles. The Kier molecular flexibility index (Phi) is 3.14. The minimum Gasteiger partial charge on any atom is -0.506 e. The molecule has 3 N–H and O–H groups in total. The van der Waals surface area contributed by atoms with Crippen molar-refractivity contribution >= 4 is 23.1 Å². The van der Waals surface area contributed by atoms with E-state index in [4.69, 9.17) is 17.3 Å². The lowest BCUT2D eigenvalue weighted by Gasteiger charge is -2.01. The van der Waals surface area contributed by atoms with Crippen molar-refractivity contribution in [3.63, 3.8) is 0 Å². The van der Waals surface area contributed by atoms with Gasteiger partial charge in [-0.3, -0.25) is 0 Å². The maximum absolute atomic E-state index is 9.37. The fraction of sp³-hybridized carbons (Fsp3) is 0.222. The second-order valence-corrected chi connectivity index (χ2v) is 3.00. The van der Waals surface area contributed by atoms with Crippen molar-refractivity contribution in [3.8, 4) is 5.75 Å². The minimum atomic E-state index is 0.110. The molecule has 0 aliphatic carbocycles. The summed E-state index contributed by atoms with van der Waals surface area (Å²) in [6.07, 6.45) is 0. The van der Waals surface area contributed by atoms with E-state index >= 15 is 0 Å². The van der Waals surface area contributed by atoms with Gasteiger partial charge in [-0.2, -0.15) is 0 Å². The number of aromatic hydroxyl groups is 1. The number of amidine groups is 1. The number of aryl methyl sites for hydroxylation is 1. The summed E-state index contributed by atoms with van der Waals surface area (Å²) in [5, 5.41) is 9.37.